The van der Waals surface area contributed by atoms with Gasteiger partial charge in [-0.25, -0.2) is 22.0 Å². The Morgan fingerprint density at radius 3 is 2.16 bits per heavy atom. The minimum absolute atomic E-state index is 0.0465. The number of nitrogens with zero attached hydrogens (tertiary/aromatic N) is 1. The van der Waals surface area contributed by atoms with Crippen LogP contribution in [0.1, 0.15) is 45.5 Å². The van der Waals surface area contributed by atoms with Crippen LogP contribution in [0, 0.1) is 5.82 Å². The molecule has 1 saturated heterocycles. The maximum absolute atomic E-state index is 15.0. The molecular formula is C29H22ClF8NO4S. The second-order valence-corrected chi connectivity index (χ2v) is 13.4. The van der Waals surface area contributed by atoms with Gasteiger partial charge in [0.15, 0.2) is 9.84 Å². The molecule has 3 aromatic rings. The van der Waals surface area contributed by atoms with Gasteiger partial charge in [-0.15, -0.1) is 0 Å². The van der Waals surface area contributed by atoms with Crippen molar-refractivity contribution in [2.45, 2.75) is 59.5 Å². The van der Waals surface area contributed by atoms with E-state index in [1.165, 1.54) is 18.2 Å². The fraction of sp³-hybridized carbons (Fsp3) is 0.345. The Morgan fingerprint density at radius 2 is 1.59 bits per heavy atom. The minimum Gasteiger partial charge on any atom is -0.478 e. The highest BCUT2D eigenvalue weighted by molar-refractivity contribution is 7.92. The molecule has 3 aromatic carbocycles. The first kappa shape index (κ1) is 32.2. The van der Waals surface area contributed by atoms with Gasteiger partial charge in [0.1, 0.15) is 10.6 Å². The lowest BCUT2D eigenvalue weighted by Gasteiger charge is -2.43. The van der Waals surface area contributed by atoms with Gasteiger partial charge in [-0.05, 0) is 72.4 Å². The number of alkyl halides is 7. The second kappa shape index (κ2) is 10.7. The molecule has 1 fully saturated rings. The normalized spacial score (nSPS) is 21.2. The Kier molecular flexibility index (Phi) is 7.82. The fourth-order valence-corrected chi connectivity index (χ4v) is 9.07. The standard InChI is InChI=1S/C29H22ClF8NO4S/c30-23-13-16(1-8-21(23)25(40)41)15-39-12-11-26(44(42,43)20-6-4-19(31)5-7-20)22-9-3-18(14-17(22)2-10-24(26)39)27(32,28(33,34)35)29(36,37)38/h1,3-9,13-14,24H,2,10-12,15H2,(H,40,41)/t24-,26-/m0/s1. The van der Waals surface area contributed by atoms with Crippen LogP contribution in [0.3, 0.4) is 0 Å². The largest absolute Gasteiger partial charge is 0.478 e. The van der Waals surface area contributed by atoms with Crippen molar-refractivity contribution in [2.24, 2.45) is 0 Å². The van der Waals surface area contributed by atoms with Crippen molar-refractivity contribution in [1.82, 2.24) is 4.90 Å². The molecule has 0 unspecified atom stereocenters. The summed E-state index contributed by atoms with van der Waals surface area (Å²) in [5, 5.41) is 9.20. The number of sulfone groups is 1. The van der Waals surface area contributed by atoms with Crippen molar-refractivity contribution >= 4 is 27.4 Å². The Balaban J connectivity index is 1.65. The van der Waals surface area contributed by atoms with Crippen LogP contribution in [0.15, 0.2) is 65.6 Å². The maximum atomic E-state index is 15.0. The Labute approximate surface area is 251 Å². The highest BCUT2D eigenvalue weighted by Crippen LogP contribution is 2.56. The molecule has 0 bridgehead atoms. The van der Waals surface area contributed by atoms with Crippen molar-refractivity contribution in [2.75, 3.05) is 6.54 Å². The summed E-state index contributed by atoms with van der Waals surface area (Å²) in [4.78, 5) is 12.8. The molecule has 1 N–H and O–H groups in total. The van der Waals surface area contributed by atoms with Crippen LogP contribution in [0.25, 0.3) is 0 Å². The number of hydrogen-bond donors (Lipinski definition) is 1. The second-order valence-electron chi connectivity index (χ2n) is 10.8. The molecule has 2 atom stereocenters. The van der Waals surface area contributed by atoms with Crippen LogP contribution in [0.2, 0.25) is 5.02 Å². The number of fused-ring (bicyclic) bond motifs is 3. The predicted molar refractivity (Wildman–Crippen MR) is 142 cm³/mol. The molecule has 0 spiro atoms. The lowest BCUT2D eigenvalue weighted by atomic mass is 9.76. The van der Waals surface area contributed by atoms with Crippen molar-refractivity contribution in [3.05, 3.63) is 99.3 Å². The van der Waals surface area contributed by atoms with E-state index in [1.807, 2.05) is 0 Å². The number of benzene rings is 3. The molecule has 0 aromatic heterocycles. The zero-order valence-electron chi connectivity index (χ0n) is 22.3. The maximum Gasteiger partial charge on any atom is 0.435 e. The van der Waals surface area contributed by atoms with Gasteiger partial charge in [0.05, 0.1) is 15.5 Å². The molecule has 0 amide bonds. The summed E-state index contributed by atoms with van der Waals surface area (Å²) < 4.78 is 137. The van der Waals surface area contributed by atoms with Gasteiger partial charge in [-0.3, -0.25) is 4.90 Å². The smallest absolute Gasteiger partial charge is 0.435 e. The van der Waals surface area contributed by atoms with E-state index in [-0.39, 0.29) is 59.0 Å². The molecule has 0 radical (unpaired) electrons. The summed E-state index contributed by atoms with van der Waals surface area (Å²) in [6, 6.07) is 8.72. The number of aryl methyl sites for hydroxylation is 1. The number of rotatable bonds is 6. The van der Waals surface area contributed by atoms with E-state index in [0.717, 1.165) is 30.3 Å². The molecule has 15 heteroatoms. The van der Waals surface area contributed by atoms with E-state index >= 15 is 0 Å². The number of carboxylic acids is 1. The van der Waals surface area contributed by atoms with Crippen LogP contribution in [0.5, 0.6) is 0 Å². The average Bonchev–Trinajstić information content (AvgIpc) is 3.31. The van der Waals surface area contributed by atoms with E-state index in [2.05, 4.69) is 0 Å². The average molecular weight is 668 g/mol. The van der Waals surface area contributed by atoms with Crippen LogP contribution in [-0.2, 0) is 33.2 Å². The quantitative estimate of drug-likeness (QED) is 0.220. The monoisotopic (exact) mass is 667 g/mol. The van der Waals surface area contributed by atoms with Crippen LogP contribution < -0.4 is 0 Å². The summed E-state index contributed by atoms with van der Waals surface area (Å²) in [7, 11) is -4.50. The minimum atomic E-state index is -6.35. The summed E-state index contributed by atoms with van der Waals surface area (Å²) in [6.07, 6.45) is -13.1. The molecule has 1 aliphatic heterocycles. The van der Waals surface area contributed by atoms with E-state index in [0.29, 0.717) is 17.7 Å². The SMILES string of the molecule is O=C(O)c1ccc(CN2CC[C@]3(S(=O)(=O)c4ccc(F)cc4)c4ccc(C(F)(C(F)(F)F)C(F)(F)F)cc4CC[C@H]23)cc1Cl. The van der Waals surface area contributed by atoms with Crippen LogP contribution in [-0.4, -0.2) is 49.3 Å². The van der Waals surface area contributed by atoms with E-state index in [4.69, 9.17) is 11.6 Å². The fourth-order valence-electron chi connectivity index (χ4n) is 6.40. The van der Waals surface area contributed by atoms with Crippen molar-refractivity contribution in [1.29, 1.82) is 0 Å². The van der Waals surface area contributed by atoms with E-state index in [1.54, 1.807) is 4.90 Å². The first-order valence-electron chi connectivity index (χ1n) is 13.1. The molecule has 44 heavy (non-hydrogen) atoms. The lowest BCUT2D eigenvalue weighted by molar-refractivity contribution is -0.348. The van der Waals surface area contributed by atoms with Gasteiger partial charge in [-0.2, -0.15) is 26.3 Å². The Bertz CT molecular complexity index is 1710. The van der Waals surface area contributed by atoms with E-state index < -0.39 is 56.0 Å². The molecule has 236 valence electrons. The third kappa shape index (κ3) is 4.85. The summed E-state index contributed by atoms with van der Waals surface area (Å²) in [6.45, 7) is 0.177. The molecule has 1 aliphatic carbocycles. The molecule has 1 heterocycles. The Hall–Kier alpha value is -3.23. The molecule has 5 rings (SSSR count). The van der Waals surface area contributed by atoms with Gasteiger partial charge >= 0.3 is 24.0 Å². The van der Waals surface area contributed by atoms with Gasteiger partial charge in [0.2, 0.25) is 0 Å². The van der Waals surface area contributed by atoms with Crippen LogP contribution >= 0.6 is 11.6 Å². The number of halogens is 9. The van der Waals surface area contributed by atoms with Crippen LogP contribution in [0.4, 0.5) is 35.1 Å². The summed E-state index contributed by atoms with van der Waals surface area (Å²) in [5.74, 6) is -2.00. The molecule has 2 aliphatic rings. The van der Waals surface area contributed by atoms with Crippen molar-refractivity contribution < 1.29 is 53.4 Å². The van der Waals surface area contributed by atoms with Crippen molar-refractivity contribution in [3.63, 3.8) is 0 Å². The third-order valence-electron chi connectivity index (χ3n) is 8.43. The number of hydrogen-bond acceptors (Lipinski definition) is 4. The van der Waals surface area contributed by atoms with Crippen molar-refractivity contribution in [3.8, 4) is 0 Å². The van der Waals surface area contributed by atoms with E-state index in [9.17, 15) is 53.4 Å². The number of carboxylic acid groups (broad SMARTS) is 1. The number of aromatic carboxylic acids is 1. The number of likely N-dealkylation sites (tertiary alicyclic amines) is 1. The predicted octanol–water partition coefficient (Wildman–Crippen LogP) is 7.36. The van der Waals surface area contributed by atoms with Gasteiger partial charge in [-0.1, -0.05) is 35.9 Å². The third-order valence-corrected chi connectivity index (χ3v) is 11.3. The zero-order chi connectivity index (χ0) is 32.5. The molecular weight excluding hydrogens is 646 g/mol. The summed E-state index contributed by atoms with van der Waals surface area (Å²) >= 11 is 6.11. The Morgan fingerprint density at radius 1 is 0.955 bits per heavy atom. The molecule has 5 nitrogen and oxygen atoms in total. The zero-order valence-corrected chi connectivity index (χ0v) is 23.9. The lowest BCUT2D eigenvalue weighted by Crippen LogP contribution is -2.52. The highest BCUT2D eigenvalue weighted by Gasteiger charge is 2.73. The summed E-state index contributed by atoms with van der Waals surface area (Å²) in [5.41, 5.74) is -7.31. The first-order valence-corrected chi connectivity index (χ1v) is 14.9. The van der Waals surface area contributed by atoms with Gasteiger partial charge in [0, 0.05) is 24.7 Å². The molecule has 0 saturated carbocycles. The van der Waals surface area contributed by atoms with Gasteiger partial charge in [0.25, 0.3) is 0 Å². The number of carbonyl (C=O) groups is 1. The van der Waals surface area contributed by atoms with Gasteiger partial charge < -0.3 is 5.11 Å². The highest BCUT2D eigenvalue weighted by atomic mass is 35.5. The first-order chi connectivity index (χ1) is 20.3. The topological polar surface area (TPSA) is 74.7 Å².